The largest absolute Gasteiger partial charge is 0.477 e. The third kappa shape index (κ3) is 2.55. The van der Waals surface area contributed by atoms with Crippen molar-refractivity contribution < 1.29 is 14.7 Å². The first-order chi connectivity index (χ1) is 10.5. The molecule has 3 rings (SSSR count). The molecule has 2 aliphatic heterocycles. The zero-order valence-corrected chi connectivity index (χ0v) is 13.7. The Bertz CT molecular complexity index is 710. The molecule has 2 aliphatic rings. The number of fused-ring (bicyclic) bond motifs is 1. The topological polar surface area (TPSA) is 70.0 Å². The number of carbonyl (C=O) groups is 2. The first kappa shape index (κ1) is 15.2. The van der Waals surface area contributed by atoms with Gasteiger partial charge in [0.2, 0.25) is 0 Å². The molecule has 0 spiro atoms. The zero-order valence-electron chi connectivity index (χ0n) is 12.1. The summed E-state index contributed by atoms with van der Waals surface area (Å²) in [5, 5.41) is 8.99. The van der Waals surface area contributed by atoms with Crippen LogP contribution >= 0.6 is 23.7 Å². The lowest BCUT2D eigenvalue weighted by molar-refractivity contribution is -0.139. The Kier molecular flexibility index (Phi) is 4.01. The van der Waals surface area contributed by atoms with E-state index < -0.39 is 5.97 Å². The number of carbonyl (C=O) groups excluding carboxylic acids is 1. The fourth-order valence-corrected chi connectivity index (χ4v) is 4.23. The lowest BCUT2D eigenvalue weighted by atomic mass is 10.1. The Morgan fingerprint density at radius 1 is 1.36 bits per heavy atom. The number of amides is 1. The summed E-state index contributed by atoms with van der Waals surface area (Å²) in [6.07, 6.45) is 0. The molecule has 0 saturated carbocycles. The van der Waals surface area contributed by atoms with Crippen LogP contribution < -0.4 is 0 Å². The lowest BCUT2D eigenvalue weighted by Crippen LogP contribution is -2.62. The van der Waals surface area contributed by atoms with E-state index in [-0.39, 0.29) is 17.0 Å². The normalized spacial score (nSPS) is 22.6. The van der Waals surface area contributed by atoms with E-state index in [0.717, 1.165) is 10.5 Å². The number of thioether (sulfide) groups is 1. The fourth-order valence-electron chi connectivity index (χ4n) is 2.31. The van der Waals surface area contributed by atoms with Gasteiger partial charge in [0.15, 0.2) is 0 Å². The summed E-state index contributed by atoms with van der Waals surface area (Å²) in [5.74, 6) is -0.764. The first-order valence-corrected chi connectivity index (χ1v) is 8.51. The van der Waals surface area contributed by atoms with Gasteiger partial charge >= 0.3 is 5.97 Å². The van der Waals surface area contributed by atoms with E-state index in [2.05, 4.69) is 4.40 Å². The number of aliphatic carboxylic acids is 1. The summed E-state index contributed by atoms with van der Waals surface area (Å²) in [6.45, 7) is 3.75. The fraction of sp³-hybridized carbons (Fsp3) is 0.267. The van der Waals surface area contributed by atoms with Gasteiger partial charge in [-0.25, -0.2) is 9.19 Å². The molecular formula is C15H14N2O3S2. The van der Waals surface area contributed by atoms with E-state index in [0.29, 0.717) is 17.0 Å². The van der Waals surface area contributed by atoms with Crippen molar-refractivity contribution in [2.45, 2.75) is 24.1 Å². The second kappa shape index (κ2) is 5.81. The Balaban J connectivity index is 1.79. The molecule has 0 aromatic heterocycles. The lowest BCUT2D eigenvalue weighted by Gasteiger charge is -2.44. The average Bonchev–Trinajstić information content (AvgIpc) is 2.49. The van der Waals surface area contributed by atoms with Crippen LogP contribution in [0.15, 0.2) is 44.8 Å². The molecular weight excluding hydrogens is 320 g/mol. The van der Waals surface area contributed by atoms with Crippen LogP contribution in [0, 0.1) is 6.92 Å². The highest BCUT2D eigenvalue weighted by atomic mass is 32.2. The van der Waals surface area contributed by atoms with Gasteiger partial charge in [-0.3, -0.25) is 9.69 Å². The molecule has 1 unspecified atom stereocenters. The van der Waals surface area contributed by atoms with E-state index in [1.807, 2.05) is 31.2 Å². The molecule has 7 heteroatoms. The van der Waals surface area contributed by atoms with E-state index in [1.165, 1.54) is 28.6 Å². The third-order valence-electron chi connectivity index (χ3n) is 3.48. The highest BCUT2D eigenvalue weighted by Crippen LogP contribution is 2.39. The number of hydrogen-bond acceptors (Lipinski definition) is 5. The molecule has 1 amide bonds. The van der Waals surface area contributed by atoms with Crippen molar-refractivity contribution in [2.24, 2.45) is 4.40 Å². The molecule has 0 aliphatic carbocycles. The summed E-state index contributed by atoms with van der Waals surface area (Å²) in [5.41, 5.74) is 2.42. The number of benzene rings is 1. The maximum Gasteiger partial charge on any atom is 0.352 e. The summed E-state index contributed by atoms with van der Waals surface area (Å²) >= 11 is 2.78. The van der Waals surface area contributed by atoms with E-state index in [1.54, 1.807) is 6.92 Å². The monoisotopic (exact) mass is 334 g/mol. The van der Waals surface area contributed by atoms with Crippen LogP contribution in [0.4, 0.5) is 0 Å². The number of carboxylic acid groups (broad SMARTS) is 1. The standard InChI is InChI=1S/C15H14N2O3S2/c1-8-3-5-10(6-4-8)22-16-11-13(18)17-12(15(19)20)9(2)7-21-14(11)17/h3-6,14H,7H2,1-2H3,(H,19,20). The maximum absolute atomic E-state index is 12.2. The molecule has 114 valence electrons. The molecule has 1 aromatic carbocycles. The van der Waals surface area contributed by atoms with Crippen LogP contribution in [0.5, 0.6) is 0 Å². The summed E-state index contributed by atoms with van der Waals surface area (Å²) in [7, 11) is 0. The van der Waals surface area contributed by atoms with Gasteiger partial charge in [0.1, 0.15) is 16.8 Å². The van der Waals surface area contributed by atoms with Gasteiger partial charge < -0.3 is 5.11 Å². The second-order valence-corrected chi connectivity index (χ2v) is 7.06. The SMILES string of the molecule is CC1=C(C(=O)O)N2C(=O)C(=NSc3ccc(C)cc3)C2SC1. The molecule has 0 radical (unpaired) electrons. The molecule has 1 atom stereocenters. The minimum atomic E-state index is -1.05. The van der Waals surface area contributed by atoms with Gasteiger partial charge in [-0.1, -0.05) is 17.7 Å². The van der Waals surface area contributed by atoms with Crippen LogP contribution in [0.3, 0.4) is 0 Å². The van der Waals surface area contributed by atoms with Gasteiger partial charge in [-0.2, -0.15) is 0 Å². The van der Waals surface area contributed by atoms with Gasteiger partial charge in [0.25, 0.3) is 5.91 Å². The van der Waals surface area contributed by atoms with Gasteiger partial charge in [-0.05, 0) is 31.6 Å². The second-order valence-electron chi connectivity index (χ2n) is 5.15. The Labute approximate surface area is 136 Å². The smallest absolute Gasteiger partial charge is 0.352 e. The van der Waals surface area contributed by atoms with Gasteiger partial charge in [0, 0.05) is 22.6 Å². The van der Waals surface area contributed by atoms with Crippen LogP contribution in [-0.4, -0.2) is 38.7 Å². The predicted molar refractivity (Wildman–Crippen MR) is 87.9 cm³/mol. The van der Waals surface area contributed by atoms with E-state index in [9.17, 15) is 14.7 Å². The minimum Gasteiger partial charge on any atom is -0.477 e. The molecule has 1 aromatic rings. The van der Waals surface area contributed by atoms with Gasteiger partial charge in [-0.15, -0.1) is 11.8 Å². The predicted octanol–water partition coefficient (Wildman–Crippen LogP) is 2.72. The van der Waals surface area contributed by atoms with Crippen LogP contribution in [0.25, 0.3) is 0 Å². The summed E-state index contributed by atoms with van der Waals surface area (Å²) in [6, 6.07) is 7.88. The molecule has 5 nitrogen and oxygen atoms in total. The van der Waals surface area contributed by atoms with Crippen molar-refractivity contribution in [1.29, 1.82) is 0 Å². The van der Waals surface area contributed by atoms with Crippen molar-refractivity contribution in [3.05, 3.63) is 41.1 Å². The minimum absolute atomic E-state index is 0.105. The van der Waals surface area contributed by atoms with E-state index in [4.69, 9.17) is 0 Å². The number of rotatable bonds is 3. The highest BCUT2D eigenvalue weighted by Gasteiger charge is 2.50. The van der Waals surface area contributed by atoms with E-state index >= 15 is 0 Å². The van der Waals surface area contributed by atoms with Gasteiger partial charge in [0.05, 0.1) is 0 Å². The quantitative estimate of drug-likeness (QED) is 0.680. The Hall–Kier alpha value is -1.73. The van der Waals surface area contributed by atoms with Crippen molar-refractivity contribution in [3.8, 4) is 0 Å². The Morgan fingerprint density at radius 3 is 2.68 bits per heavy atom. The van der Waals surface area contributed by atoms with Crippen LogP contribution in [0.1, 0.15) is 12.5 Å². The molecule has 1 saturated heterocycles. The Morgan fingerprint density at radius 2 is 2.05 bits per heavy atom. The number of β-lactam (4-membered cyclic amide) rings is 1. The molecule has 1 fully saturated rings. The van der Waals surface area contributed by atoms with Crippen molar-refractivity contribution in [2.75, 3.05) is 5.75 Å². The number of hydrogen-bond donors (Lipinski definition) is 1. The number of carboxylic acids is 1. The zero-order chi connectivity index (χ0) is 15.9. The third-order valence-corrected chi connectivity index (χ3v) is 5.60. The molecule has 1 N–H and O–H groups in total. The molecule has 2 heterocycles. The van der Waals surface area contributed by atoms with Crippen LogP contribution in [-0.2, 0) is 9.59 Å². The average molecular weight is 334 g/mol. The van der Waals surface area contributed by atoms with Crippen LogP contribution in [0.2, 0.25) is 0 Å². The number of nitrogens with zero attached hydrogens (tertiary/aromatic N) is 2. The van der Waals surface area contributed by atoms with Crippen molar-refractivity contribution >= 4 is 41.3 Å². The maximum atomic E-state index is 12.2. The molecule has 0 bridgehead atoms. The first-order valence-electron chi connectivity index (χ1n) is 6.69. The highest BCUT2D eigenvalue weighted by molar-refractivity contribution is 8.01. The number of aryl methyl sites for hydroxylation is 1. The van der Waals surface area contributed by atoms with Crippen molar-refractivity contribution in [1.82, 2.24) is 4.90 Å². The summed E-state index contributed by atoms with van der Waals surface area (Å²) < 4.78 is 4.32. The van der Waals surface area contributed by atoms with Crippen molar-refractivity contribution in [3.63, 3.8) is 0 Å². The summed E-state index contributed by atoms with van der Waals surface area (Å²) in [4.78, 5) is 25.8. The molecule has 22 heavy (non-hydrogen) atoms.